The second kappa shape index (κ2) is 22.4. The van der Waals surface area contributed by atoms with Crippen LogP contribution in [0.4, 0.5) is 0 Å². The van der Waals surface area contributed by atoms with E-state index in [9.17, 15) is 4.57 Å². The third kappa shape index (κ3) is 22.2. The van der Waals surface area contributed by atoms with Gasteiger partial charge < -0.3 is 19.3 Å². The standard InChI is InChI=1S/C28H51O6P/c1-2-3-4-5-6-7-8-9-10-11-12-13-14-15-19-22-32-24-28(26-34-35(29,30)31)25-33-23-27-20-17-16-18-21-27/h16-18,20-21,28H,2-15,19,22-26H2,1H3,(H2,29,30,31). The van der Waals surface area contributed by atoms with Crippen molar-refractivity contribution in [3.63, 3.8) is 0 Å². The van der Waals surface area contributed by atoms with E-state index in [-0.39, 0.29) is 12.5 Å². The van der Waals surface area contributed by atoms with Gasteiger partial charge in [0.2, 0.25) is 0 Å². The highest BCUT2D eigenvalue weighted by molar-refractivity contribution is 7.46. The maximum Gasteiger partial charge on any atom is 0.469 e. The van der Waals surface area contributed by atoms with Gasteiger partial charge in [-0.15, -0.1) is 0 Å². The number of ether oxygens (including phenoxy) is 2. The normalized spacial score (nSPS) is 12.8. The summed E-state index contributed by atoms with van der Waals surface area (Å²) in [5.41, 5.74) is 1.06. The minimum Gasteiger partial charge on any atom is -0.381 e. The van der Waals surface area contributed by atoms with Crippen LogP contribution in [0.15, 0.2) is 30.3 Å². The molecule has 0 bridgehead atoms. The molecule has 1 aromatic rings. The van der Waals surface area contributed by atoms with Crippen LogP contribution in [0.25, 0.3) is 0 Å². The van der Waals surface area contributed by atoms with Gasteiger partial charge in [0, 0.05) is 12.5 Å². The molecule has 7 heteroatoms. The Morgan fingerprint density at radius 3 is 1.69 bits per heavy atom. The molecule has 0 spiro atoms. The van der Waals surface area contributed by atoms with E-state index in [1.165, 1.54) is 83.5 Å². The lowest BCUT2D eigenvalue weighted by Crippen LogP contribution is -2.21. The molecular formula is C28H51O6P. The van der Waals surface area contributed by atoms with Crippen molar-refractivity contribution in [3.8, 4) is 0 Å². The molecule has 2 N–H and O–H groups in total. The number of phosphoric acid groups is 1. The van der Waals surface area contributed by atoms with Gasteiger partial charge in [-0.3, -0.25) is 4.52 Å². The van der Waals surface area contributed by atoms with Crippen LogP contribution >= 0.6 is 7.82 Å². The number of rotatable bonds is 25. The van der Waals surface area contributed by atoms with Gasteiger partial charge in [0.15, 0.2) is 0 Å². The second-order valence-electron chi connectivity index (χ2n) is 9.68. The highest BCUT2D eigenvalue weighted by atomic mass is 31.2. The highest BCUT2D eigenvalue weighted by Crippen LogP contribution is 2.36. The average Bonchev–Trinajstić information content (AvgIpc) is 2.84. The van der Waals surface area contributed by atoms with Crippen molar-refractivity contribution in [2.24, 2.45) is 5.92 Å². The molecule has 1 rings (SSSR count). The fourth-order valence-electron chi connectivity index (χ4n) is 4.09. The molecule has 0 aliphatic heterocycles. The van der Waals surface area contributed by atoms with E-state index in [2.05, 4.69) is 11.4 Å². The van der Waals surface area contributed by atoms with Gasteiger partial charge in [-0.2, -0.15) is 0 Å². The molecule has 204 valence electrons. The summed E-state index contributed by atoms with van der Waals surface area (Å²) in [6.07, 6.45) is 19.9. The van der Waals surface area contributed by atoms with Crippen molar-refractivity contribution in [1.82, 2.24) is 0 Å². The molecule has 1 aromatic carbocycles. The van der Waals surface area contributed by atoms with Crippen molar-refractivity contribution in [1.29, 1.82) is 0 Å². The minimum atomic E-state index is -4.50. The maximum atomic E-state index is 11.1. The molecule has 0 heterocycles. The van der Waals surface area contributed by atoms with Crippen LogP contribution in [0.2, 0.25) is 0 Å². The van der Waals surface area contributed by atoms with E-state index < -0.39 is 7.82 Å². The van der Waals surface area contributed by atoms with Gasteiger partial charge in [-0.1, -0.05) is 127 Å². The van der Waals surface area contributed by atoms with Crippen LogP contribution in [0.5, 0.6) is 0 Å². The predicted molar refractivity (Wildman–Crippen MR) is 143 cm³/mol. The summed E-state index contributed by atoms with van der Waals surface area (Å²) in [7, 11) is -4.50. The molecule has 0 fully saturated rings. The van der Waals surface area contributed by atoms with Crippen molar-refractivity contribution >= 4 is 7.82 Å². The van der Waals surface area contributed by atoms with E-state index in [0.717, 1.165) is 18.4 Å². The first-order valence-electron chi connectivity index (χ1n) is 13.9. The Hall–Kier alpha value is -0.750. The molecule has 0 saturated heterocycles. The summed E-state index contributed by atoms with van der Waals surface area (Å²) in [5, 5.41) is 0. The Balaban J connectivity index is 1.98. The molecule has 0 saturated carbocycles. The summed E-state index contributed by atoms with van der Waals surface area (Å²) in [4.78, 5) is 18.0. The zero-order valence-electron chi connectivity index (χ0n) is 22.1. The van der Waals surface area contributed by atoms with Gasteiger partial charge >= 0.3 is 7.82 Å². The maximum absolute atomic E-state index is 11.1. The lowest BCUT2D eigenvalue weighted by molar-refractivity contribution is 0.00942. The van der Waals surface area contributed by atoms with Crippen LogP contribution < -0.4 is 0 Å². The summed E-state index contributed by atoms with van der Waals surface area (Å²) >= 11 is 0. The quantitative estimate of drug-likeness (QED) is 0.102. The van der Waals surface area contributed by atoms with Crippen LogP contribution in [0.3, 0.4) is 0 Å². The van der Waals surface area contributed by atoms with E-state index >= 15 is 0 Å². The van der Waals surface area contributed by atoms with Crippen molar-refractivity contribution in [2.45, 2.75) is 110 Å². The largest absolute Gasteiger partial charge is 0.469 e. The molecule has 0 aliphatic rings. The Bertz CT molecular complexity index is 621. The summed E-state index contributed by atoms with van der Waals surface area (Å²) < 4.78 is 27.2. The Kier molecular flexibility index (Phi) is 20.7. The molecule has 35 heavy (non-hydrogen) atoms. The Morgan fingerprint density at radius 2 is 1.17 bits per heavy atom. The molecule has 1 unspecified atom stereocenters. The molecule has 0 radical (unpaired) electrons. The number of unbranched alkanes of at least 4 members (excludes halogenated alkanes) is 14. The highest BCUT2D eigenvalue weighted by Gasteiger charge is 2.19. The number of phosphoric ester groups is 1. The van der Waals surface area contributed by atoms with Crippen molar-refractivity contribution in [2.75, 3.05) is 26.4 Å². The zero-order chi connectivity index (χ0) is 25.5. The predicted octanol–water partition coefficient (Wildman–Crippen LogP) is 7.82. The Labute approximate surface area is 214 Å². The second-order valence-corrected chi connectivity index (χ2v) is 10.9. The lowest BCUT2D eigenvalue weighted by atomic mass is 10.0. The van der Waals surface area contributed by atoms with E-state index in [1.807, 2.05) is 30.3 Å². The monoisotopic (exact) mass is 514 g/mol. The van der Waals surface area contributed by atoms with Crippen LogP contribution in [0.1, 0.15) is 109 Å². The van der Waals surface area contributed by atoms with E-state index in [4.69, 9.17) is 19.3 Å². The Morgan fingerprint density at radius 1 is 0.686 bits per heavy atom. The third-order valence-corrected chi connectivity index (χ3v) is 6.67. The van der Waals surface area contributed by atoms with E-state index in [1.54, 1.807) is 0 Å². The van der Waals surface area contributed by atoms with Crippen molar-refractivity contribution < 1.29 is 28.3 Å². The first-order chi connectivity index (χ1) is 17.0. The zero-order valence-corrected chi connectivity index (χ0v) is 23.0. The van der Waals surface area contributed by atoms with Gasteiger partial charge in [0.05, 0.1) is 26.4 Å². The number of benzene rings is 1. The SMILES string of the molecule is CCCCCCCCCCCCCCCCCOCC(COCc1ccccc1)COP(=O)(O)O. The molecule has 6 nitrogen and oxygen atoms in total. The molecule has 0 aliphatic carbocycles. The van der Waals surface area contributed by atoms with Crippen LogP contribution in [0, 0.1) is 5.92 Å². The van der Waals surface area contributed by atoms with Crippen LogP contribution in [-0.4, -0.2) is 36.2 Å². The summed E-state index contributed by atoms with van der Waals surface area (Å²) in [6.45, 7) is 3.99. The summed E-state index contributed by atoms with van der Waals surface area (Å²) in [6, 6.07) is 9.81. The summed E-state index contributed by atoms with van der Waals surface area (Å²) in [5.74, 6) is -0.220. The fraction of sp³-hybridized carbons (Fsp3) is 0.786. The average molecular weight is 515 g/mol. The van der Waals surface area contributed by atoms with Crippen LogP contribution in [-0.2, 0) is 25.2 Å². The first kappa shape index (κ1) is 32.3. The van der Waals surface area contributed by atoms with Gasteiger partial charge in [-0.05, 0) is 12.0 Å². The number of hydrogen-bond acceptors (Lipinski definition) is 4. The van der Waals surface area contributed by atoms with Gasteiger partial charge in [0.1, 0.15) is 0 Å². The van der Waals surface area contributed by atoms with Gasteiger partial charge in [-0.25, -0.2) is 4.57 Å². The smallest absolute Gasteiger partial charge is 0.381 e. The molecule has 0 aromatic heterocycles. The van der Waals surface area contributed by atoms with Crippen molar-refractivity contribution in [3.05, 3.63) is 35.9 Å². The first-order valence-corrected chi connectivity index (χ1v) is 15.4. The third-order valence-electron chi connectivity index (χ3n) is 6.19. The van der Waals surface area contributed by atoms with Gasteiger partial charge in [0.25, 0.3) is 0 Å². The topological polar surface area (TPSA) is 85.2 Å². The van der Waals surface area contributed by atoms with E-state index in [0.29, 0.717) is 26.4 Å². The minimum absolute atomic E-state index is 0.0854. The lowest BCUT2D eigenvalue weighted by Gasteiger charge is -2.18. The molecule has 0 amide bonds. The number of hydrogen-bond donors (Lipinski definition) is 2. The molecular weight excluding hydrogens is 463 g/mol. The fourth-order valence-corrected chi connectivity index (χ4v) is 4.49. The molecule has 1 atom stereocenters.